The van der Waals surface area contributed by atoms with Crippen molar-refractivity contribution in [2.75, 3.05) is 10.5 Å². The maximum Gasteiger partial charge on any atom is 0.263 e. The molecule has 8 heteroatoms. The number of rotatable bonds is 3. The molecule has 2 aromatic carbocycles. The van der Waals surface area contributed by atoms with Crippen LogP contribution in [0.4, 0.5) is 11.4 Å². The highest BCUT2D eigenvalue weighted by atomic mass is 79.9. The minimum absolute atomic E-state index is 0.0656. The van der Waals surface area contributed by atoms with Gasteiger partial charge < -0.3 is 5.73 Å². The number of hydrogen-bond acceptors (Lipinski definition) is 4. The van der Waals surface area contributed by atoms with Gasteiger partial charge in [-0.1, -0.05) is 27.5 Å². The maximum absolute atomic E-state index is 12.3. The molecular weight excluding hydrogens is 378 g/mol. The van der Waals surface area contributed by atoms with Gasteiger partial charge in [-0.25, -0.2) is 8.42 Å². The molecule has 0 radical (unpaired) electrons. The Morgan fingerprint density at radius 2 is 1.95 bits per heavy atom. The number of nitrogens with zero attached hydrogens (tertiary/aromatic N) is 1. The molecule has 0 heterocycles. The van der Waals surface area contributed by atoms with E-state index in [-0.39, 0.29) is 21.3 Å². The highest BCUT2D eigenvalue weighted by Crippen LogP contribution is 2.28. The lowest BCUT2D eigenvalue weighted by Crippen LogP contribution is -2.15. The highest BCUT2D eigenvalue weighted by Gasteiger charge is 2.19. The second kappa shape index (κ2) is 5.93. The molecule has 0 saturated heterocycles. The Morgan fingerprint density at radius 1 is 1.24 bits per heavy atom. The molecule has 0 saturated carbocycles. The Labute approximate surface area is 135 Å². The van der Waals surface area contributed by atoms with E-state index in [2.05, 4.69) is 20.7 Å². The summed E-state index contributed by atoms with van der Waals surface area (Å²) in [5.74, 6) is 0. The Kier molecular flexibility index (Phi) is 4.42. The van der Waals surface area contributed by atoms with E-state index in [0.29, 0.717) is 10.0 Å². The van der Waals surface area contributed by atoms with Crippen LogP contribution in [0.25, 0.3) is 0 Å². The van der Waals surface area contributed by atoms with Crippen molar-refractivity contribution >= 4 is 48.9 Å². The zero-order chi connectivity index (χ0) is 15.6. The van der Waals surface area contributed by atoms with Gasteiger partial charge in [0, 0.05) is 4.47 Å². The number of hydrogen-bond donors (Lipinski definition) is 2. The Bertz CT molecular complexity index is 847. The maximum atomic E-state index is 12.3. The summed E-state index contributed by atoms with van der Waals surface area (Å²) in [6, 6.07) is 10.6. The van der Waals surface area contributed by atoms with Crippen LogP contribution in [0.5, 0.6) is 0 Å². The van der Waals surface area contributed by atoms with E-state index in [1.165, 1.54) is 30.3 Å². The SMILES string of the molecule is N#Cc1ccc(Cl)c(NS(=O)(=O)c2ccc(Br)cc2N)c1. The van der Waals surface area contributed by atoms with Crippen molar-refractivity contribution in [1.82, 2.24) is 0 Å². The highest BCUT2D eigenvalue weighted by molar-refractivity contribution is 9.10. The summed E-state index contributed by atoms with van der Waals surface area (Å²) in [6.45, 7) is 0. The van der Waals surface area contributed by atoms with Gasteiger partial charge in [0.2, 0.25) is 0 Å². The van der Waals surface area contributed by atoms with Gasteiger partial charge in [0.15, 0.2) is 0 Å². The van der Waals surface area contributed by atoms with Gasteiger partial charge in [-0.15, -0.1) is 0 Å². The minimum Gasteiger partial charge on any atom is -0.398 e. The van der Waals surface area contributed by atoms with Crippen molar-refractivity contribution in [3.8, 4) is 6.07 Å². The van der Waals surface area contributed by atoms with Crippen LogP contribution in [-0.4, -0.2) is 8.42 Å². The summed E-state index contributed by atoms with van der Waals surface area (Å²) in [7, 11) is -3.90. The Hall–Kier alpha value is -1.75. The zero-order valence-electron chi connectivity index (χ0n) is 10.5. The lowest BCUT2D eigenvalue weighted by molar-refractivity contribution is 0.601. The summed E-state index contributed by atoms with van der Waals surface area (Å²) in [5, 5.41) is 9.04. The van der Waals surface area contributed by atoms with Crippen molar-refractivity contribution in [2.45, 2.75) is 4.90 Å². The first-order chi connectivity index (χ1) is 9.83. The molecule has 0 aliphatic rings. The molecule has 0 amide bonds. The molecule has 2 rings (SSSR count). The summed E-state index contributed by atoms with van der Waals surface area (Å²) >= 11 is 9.14. The van der Waals surface area contributed by atoms with Crippen LogP contribution in [-0.2, 0) is 10.0 Å². The van der Waals surface area contributed by atoms with Crippen LogP contribution < -0.4 is 10.5 Å². The van der Waals surface area contributed by atoms with Gasteiger partial charge in [0.05, 0.1) is 28.0 Å². The van der Waals surface area contributed by atoms with Gasteiger partial charge >= 0.3 is 0 Å². The molecule has 21 heavy (non-hydrogen) atoms. The second-order valence-corrected chi connectivity index (χ2v) is 7.07. The lowest BCUT2D eigenvalue weighted by atomic mass is 10.2. The molecule has 0 aromatic heterocycles. The first-order valence-corrected chi connectivity index (χ1v) is 8.26. The molecule has 108 valence electrons. The molecule has 0 atom stereocenters. The molecule has 0 unspecified atom stereocenters. The van der Waals surface area contributed by atoms with Crippen LogP contribution in [0.15, 0.2) is 45.8 Å². The smallest absolute Gasteiger partial charge is 0.263 e. The van der Waals surface area contributed by atoms with E-state index in [1.54, 1.807) is 6.07 Å². The van der Waals surface area contributed by atoms with Crippen LogP contribution in [0.2, 0.25) is 5.02 Å². The van der Waals surface area contributed by atoms with Gasteiger partial charge in [0.1, 0.15) is 4.90 Å². The van der Waals surface area contributed by atoms with Crippen molar-refractivity contribution in [3.05, 3.63) is 51.5 Å². The largest absolute Gasteiger partial charge is 0.398 e. The van der Waals surface area contributed by atoms with E-state index < -0.39 is 10.0 Å². The second-order valence-electron chi connectivity index (χ2n) is 4.09. The third kappa shape index (κ3) is 3.47. The van der Waals surface area contributed by atoms with E-state index in [4.69, 9.17) is 22.6 Å². The van der Waals surface area contributed by atoms with Crippen molar-refractivity contribution in [1.29, 1.82) is 5.26 Å². The summed E-state index contributed by atoms with van der Waals surface area (Å²) in [5.41, 5.74) is 6.24. The first-order valence-electron chi connectivity index (χ1n) is 5.61. The molecule has 0 spiro atoms. The fraction of sp³-hybridized carbons (Fsp3) is 0. The van der Waals surface area contributed by atoms with E-state index >= 15 is 0 Å². The van der Waals surface area contributed by atoms with Crippen LogP contribution in [0, 0.1) is 11.3 Å². The van der Waals surface area contributed by atoms with Crippen LogP contribution >= 0.6 is 27.5 Å². The van der Waals surface area contributed by atoms with Gasteiger partial charge in [-0.05, 0) is 36.4 Å². The topological polar surface area (TPSA) is 96.0 Å². The number of nitrogens with one attached hydrogen (secondary N) is 1. The third-order valence-electron chi connectivity index (χ3n) is 2.60. The zero-order valence-corrected chi connectivity index (χ0v) is 13.6. The van der Waals surface area contributed by atoms with E-state index in [9.17, 15) is 8.42 Å². The van der Waals surface area contributed by atoms with E-state index in [0.717, 1.165) is 0 Å². The summed E-state index contributed by atoms with van der Waals surface area (Å²) < 4.78 is 27.7. The predicted molar refractivity (Wildman–Crippen MR) is 85.5 cm³/mol. The molecule has 2 aromatic rings. The van der Waals surface area contributed by atoms with E-state index in [1.807, 2.05) is 6.07 Å². The molecule has 0 bridgehead atoms. The number of halogens is 2. The quantitative estimate of drug-likeness (QED) is 0.791. The minimum atomic E-state index is -3.90. The van der Waals surface area contributed by atoms with Gasteiger partial charge in [0.25, 0.3) is 10.0 Å². The monoisotopic (exact) mass is 385 g/mol. The summed E-state index contributed by atoms with van der Waals surface area (Å²) in [6.07, 6.45) is 0. The number of nitrogen functional groups attached to an aromatic ring is 1. The molecule has 0 aliphatic heterocycles. The first kappa shape index (κ1) is 15.6. The average molecular weight is 387 g/mol. The predicted octanol–water partition coefficient (Wildman–Crippen LogP) is 3.36. The average Bonchev–Trinajstić information content (AvgIpc) is 2.40. The van der Waals surface area contributed by atoms with Crippen molar-refractivity contribution in [2.24, 2.45) is 0 Å². The molecule has 3 N–H and O–H groups in total. The van der Waals surface area contributed by atoms with Gasteiger partial charge in [-0.2, -0.15) is 5.26 Å². The van der Waals surface area contributed by atoms with Crippen LogP contribution in [0.3, 0.4) is 0 Å². The number of benzene rings is 2. The molecular formula is C13H9BrClN3O2S. The number of anilines is 2. The number of nitriles is 1. The Morgan fingerprint density at radius 3 is 2.57 bits per heavy atom. The third-order valence-corrected chi connectivity index (χ3v) is 4.86. The normalized spacial score (nSPS) is 10.9. The number of sulfonamides is 1. The fourth-order valence-corrected chi connectivity index (χ4v) is 3.42. The lowest BCUT2D eigenvalue weighted by Gasteiger charge is -2.11. The Balaban J connectivity index is 2.45. The number of nitrogens with two attached hydrogens (primary N) is 1. The molecule has 0 aliphatic carbocycles. The molecule has 0 fully saturated rings. The van der Waals surface area contributed by atoms with Crippen molar-refractivity contribution in [3.63, 3.8) is 0 Å². The van der Waals surface area contributed by atoms with Crippen molar-refractivity contribution < 1.29 is 8.42 Å². The molecule has 5 nitrogen and oxygen atoms in total. The van der Waals surface area contributed by atoms with Gasteiger partial charge in [-0.3, -0.25) is 4.72 Å². The fourth-order valence-electron chi connectivity index (χ4n) is 1.64. The standard InChI is InChI=1S/C13H9BrClN3O2S/c14-9-2-4-13(11(17)6-9)21(19,20)18-12-5-8(7-16)1-3-10(12)15/h1-6,18H,17H2. The summed E-state index contributed by atoms with van der Waals surface area (Å²) in [4.78, 5) is -0.0656. The van der Waals surface area contributed by atoms with Crippen LogP contribution in [0.1, 0.15) is 5.56 Å².